The molecule has 5 unspecified atom stereocenters. The lowest BCUT2D eigenvalue weighted by Crippen LogP contribution is -2.58. The molecule has 0 aromatic carbocycles. The Kier molecular flexibility index (Phi) is 4.78. The monoisotopic (exact) mass is 390 g/mol. The molecule has 6 heteroatoms. The van der Waals surface area contributed by atoms with E-state index in [9.17, 15) is 9.18 Å². The van der Waals surface area contributed by atoms with Gasteiger partial charge in [0.2, 0.25) is 5.91 Å². The quantitative estimate of drug-likeness (QED) is 0.719. The number of alkyl halides is 3. The zero-order valence-electron chi connectivity index (χ0n) is 14.9. The largest absolute Gasteiger partial charge is 0.352 e. The van der Waals surface area contributed by atoms with Crippen LogP contribution in [0.15, 0.2) is 0 Å². The Bertz CT molecular complexity index is 536. The molecule has 1 saturated heterocycles. The Hall–Kier alpha value is -0.0600. The Morgan fingerprint density at radius 3 is 2.48 bits per heavy atom. The maximum atomic E-state index is 14.9. The Balaban J connectivity index is 1.55. The zero-order valence-corrected chi connectivity index (χ0v) is 16.4. The fraction of sp³-hybridized carbons (Fsp3) is 0.947. The number of halogens is 3. The molecule has 1 aliphatic heterocycles. The lowest BCUT2D eigenvalue weighted by Gasteiger charge is -2.46. The SMILES string of the molecule is CC1([C@H](NC(=O)C2CC23CNC3)C2C(F)CCC(Cl)C2Cl)CCCC1. The van der Waals surface area contributed by atoms with Gasteiger partial charge in [-0.1, -0.05) is 19.8 Å². The van der Waals surface area contributed by atoms with Gasteiger partial charge in [0.05, 0.1) is 10.8 Å². The smallest absolute Gasteiger partial charge is 0.224 e. The highest BCUT2D eigenvalue weighted by molar-refractivity contribution is 6.30. The Morgan fingerprint density at radius 1 is 1.24 bits per heavy atom. The van der Waals surface area contributed by atoms with Crippen LogP contribution in [-0.2, 0) is 4.79 Å². The molecule has 1 heterocycles. The minimum Gasteiger partial charge on any atom is -0.352 e. The first kappa shape index (κ1) is 18.3. The van der Waals surface area contributed by atoms with Crippen LogP contribution in [0.2, 0.25) is 0 Å². The lowest BCUT2D eigenvalue weighted by molar-refractivity contribution is -0.126. The molecule has 4 aliphatic rings. The normalized spacial score (nSPS) is 42.6. The molecule has 1 spiro atoms. The molecular formula is C19H29Cl2FN2O. The standard InChI is InChI=1S/C19H29Cl2FN2O/c1-18(6-2-3-7-18)16(14-13(22)5-4-12(20)15(14)21)24-17(25)11-8-19(11)9-23-10-19/h11-16,23H,2-10H2,1H3,(H,24,25)/t11?,12?,13?,14?,15?,16-/m1/s1. The minimum atomic E-state index is -0.987. The van der Waals surface area contributed by atoms with Gasteiger partial charge in [0.25, 0.3) is 0 Å². The van der Waals surface area contributed by atoms with Crippen LogP contribution in [0.1, 0.15) is 51.9 Å². The van der Waals surface area contributed by atoms with Crippen molar-refractivity contribution in [3.05, 3.63) is 0 Å². The third-order valence-electron chi connectivity index (χ3n) is 7.49. The summed E-state index contributed by atoms with van der Waals surface area (Å²) in [7, 11) is 0. The van der Waals surface area contributed by atoms with E-state index in [1.54, 1.807) is 0 Å². The summed E-state index contributed by atoms with van der Waals surface area (Å²) >= 11 is 13.0. The van der Waals surface area contributed by atoms with Crippen LogP contribution in [0.3, 0.4) is 0 Å². The molecule has 3 nitrogen and oxygen atoms in total. The van der Waals surface area contributed by atoms with Crippen molar-refractivity contribution in [2.24, 2.45) is 22.7 Å². The minimum absolute atomic E-state index is 0.0777. The zero-order chi connectivity index (χ0) is 17.8. The van der Waals surface area contributed by atoms with Crippen LogP contribution in [0.4, 0.5) is 4.39 Å². The number of hydrogen-bond acceptors (Lipinski definition) is 2. The van der Waals surface area contributed by atoms with Crippen molar-refractivity contribution in [1.82, 2.24) is 10.6 Å². The first-order valence-electron chi connectivity index (χ1n) is 9.80. The molecule has 0 radical (unpaired) electrons. The van der Waals surface area contributed by atoms with Crippen LogP contribution in [0.5, 0.6) is 0 Å². The molecule has 3 aliphatic carbocycles. The number of carbonyl (C=O) groups excluding carboxylic acids is 1. The summed E-state index contributed by atoms with van der Waals surface area (Å²) in [6.07, 6.45) is 5.36. The predicted octanol–water partition coefficient (Wildman–Crippen LogP) is 3.62. The fourth-order valence-electron chi connectivity index (χ4n) is 5.54. The van der Waals surface area contributed by atoms with Crippen LogP contribution >= 0.6 is 23.2 Å². The molecule has 1 amide bonds. The molecular weight excluding hydrogens is 362 g/mol. The van der Waals surface area contributed by atoms with E-state index >= 15 is 0 Å². The van der Waals surface area contributed by atoms with E-state index in [1.165, 1.54) is 0 Å². The average Bonchev–Trinajstić information content (AvgIpc) is 3.19. The highest BCUT2D eigenvalue weighted by Crippen LogP contribution is 2.56. The molecule has 0 aromatic rings. The van der Waals surface area contributed by atoms with Crippen LogP contribution in [0, 0.1) is 22.7 Å². The number of carbonyl (C=O) groups is 1. The number of hydrogen-bond donors (Lipinski definition) is 2. The summed E-state index contributed by atoms with van der Waals surface area (Å²) in [6, 6.07) is -0.216. The molecule has 25 heavy (non-hydrogen) atoms. The number of nitrogens with one attached hydrogen (secondary N) is 2. The highest BCUT2D eigenvalue weighted by Gasteiger charge is 2.62. The van der Waals surface area contributed by atoms with Crippen LogP contribution < -0.4 is 10.6 Å². The van der Waals surface area contributed by atoms with E-state index in [1.807, 2.05) is 0 Å². The summed E-state index contributed by atoms with van der Waals surface area (Å²) in [4.78, 5) is 12.9. The summed E-state index contributed by atoms with van der Waals surface area (Å²) in [5, 5.41) is 5.91. The van der Waals surface area contributed by atoms with Crippen molar-refractivity contribution in [3.8, 4) is 0 Å². The van der Waals surface area contributed by atoms with Crippen molar-refractivity contribution in [1.29, 1.82) is 0 Å². The van der Waals surface area contributed by atoms with Gasteiger partial charge in [-0.2, -0.15) is 0 Å². The maximum Gasteiger partial charge on any atom is 0.224 e. The molecule has 4 rings (SSSR count). The van der Waals surface area contributed by atoms with Crippen molar-refractivity contribution < 1.29 is 9.18 Å². The predicted molar refractivity (Wildman–Crippen MR) is 98.8 cm³/mol. The molecule has 6 atom stereocenters. The topological polar surface area (TPSA) is 41.1 Å². The van der Waals surface area contributed by atoms with E-state index in [0.29, 0.717) is 12.8 Å². The van der Waals surface area contributed by atoms with Gasteiger partial charge < -0.3 is 10.6 Å². The summed E-state index contributed by atoms with van der Waals surface area (Å²) in [5.74, 6) is -0.199. The second kappa shape index (κ2) is 6.53. The van der Waals surface area contributed by atoms with Crippen LogP contribution in [-0.4, -0.2) is 42.0 Å². The van der Waals surface area contributed by atoms with Gasteiger partial charge in [-0.25, -0.2) is 4.39 Å². The van der Waals surface area contributed by atoms with Gasteiger partial charge in [-0.15, -0.1) is 23.2 Å². The number of rotatable bonds is 4. The van der Waals surface area contributed by atoms with E-state index in [4.69, 9.17) is 23.2 Å². The fourth-order valence-corrected chi connectivity index (χ4v) is 6.26. The molecule has 0 bridgehead atoms. The van der Waals surface area contributed by atoms with Gasteiger partial charge in [0.15, 0.2) is 0 Å². The molecule has 4 fully saturated rings. The van der Waals surface area contributed by atoms with Gasteiger partial charge in [-0.05, 0) is 37.5 Å². The highest BCUT2D eigenvalue weighted by atomic mass is 35.5. The summed E-state index contributed by atoms with van der Waals surface area (Å²) in [5.41, 5.74) is 0.105. The summed E-state index contributed by atoms with van der Waals surface area (Å²) < 4.78 is 14.9. The summed E-state index contributed by atoms with van der Waals surface area (Å²) in [6.45, 7) is 4.07. The van der Waals surface area contributed by atoms with E-state index in [2.05, 4.69) is 17.6 Å². The third kappa shape index (κ3) is 3.10. The molecule has 142 valence electrons. The van der Waals surface area contributed by atoms with E-state index in [-0.39, 0.29) is 40.0 Å². The van der Waals surface area contributed by atoms with Gasteiger partial charge in [-0.3, -0.25) is 4.79 Å². The van der Waals surface area contributed by atoms with Crippen molar-refractivity contribution in [2.45, 2.75) is 74.8 Å². The van der Waals surface area contributed by atoms with Crippen molar-refractivity contribution in [2.75, 3.05) is 13.1 Å². The first-order chi connectivity index (χ1) is 11.9. The van der Waals surface area contributed by atoms with Gasteiger partial charge in [0.1, 0.15) is 6.17 Å². The average molecular weight is 391 g/mol. The van der Waals surface area contributed by atoms with Gasteiger partial charge >= 0.3 is 0 Å². The van der Waals surface area contributed by atoms with E-state index < -0.39 is 11.5 Å². The number of amides is 1. The molecule has 3 saturated carbocycles. The van der Waals surface area contributed by atoms with Crippen LogP contribution in [0.25, 0.3) is 0 Å². The third-order valence-corrected chi connectivity index (χ3v) is 8.70. The van der Waals surface area contributed by atoms with Gasteiger partial charge in [0, 0.05) is 36.4 Å². The Labute approximate surface area is 159 Å². The van der Waals surface area contributed by atoms with E-state index in [0.717, 1.165) is 45.2 Å². The molecule has 2 N–H and O–H groups in total. The second-order valence-corrected chi connectivity index (χ2v) is 10.3. The van der Waals surface area contributed by atoms with Crippen molar-refractivity contribution in [3.63, 3.8) is 0 Å². The Morgan fingerprint density at radius 2 is 1.92 bits per heavy atom. The van der Waals surface area contributed by atoms with Crippen molar-refractivity contribution >= 4 is 29.1 Å². The maximum absolute atomic E-state index is 14.9. The first-order valence-corrected chi connectivity index (χ1v) is 10.7. The second-order valence-electron chi connectivity index (χ2n) is 9.20. The molecule has 0 aromatic heterocycles. The lowest BCUT2D eigenvalue weighted by atomic mass is 9.69.